The Morgan fingerprint density at radius 2 is 0.381 bits per heavy atom. The maximum absolute atomic E-state index is 8.25. The second-order valence-electron chi connectivity index (χ2n) is 0.894. The molecule has 0 atom stereocenters. The molecule has 0 saturated heterocycles. The van der Waals surface area contributed by atoms with Gasteiger partial charge in [0.25, 0.3) is 0 Å². The van der Waals surface area contributed by atoms with Crippen molar-refractivity contribution >= 4 is 113 Å². The molecule has 0 unspecified atom stereocenters. The van der Waals surface area contributed by atoms with Crippen molar-refractivity contribution in [3.05, 3.63) is 61.3 Å². The minimum Gasteiger partial charge on any atom is -1.00 e. The van der Waals surface area contributed by atoms with Crippen LogP contribution in [0.4, 0.5) is 0 Å². The zero-order valence-electron chi connectivity index (χ0n) is 9.63. The molecule has 0 bridgehead atoms. The predicted molar refractivity (Wildman–Crippen MR) is 60.1 cm³/mol. The van der Waals surface area contributed by atoms with Gasteiger partial charge in [0.05, 0.1) is 20.3 Å². The third-order valence-electron chi connectivity index (χ3n) is 0. The molecule has 0 aromatic rings. The summed E-state index contributed by atoms with van der Waals surface area (Å²) >= 11 is 0. The van der Waals surface area contributed by atoms with Gasteiger partial charge < -0.3 is 72.2 Å². The molecule has 0 aliphatic heterocycles. The maximum atomic E-state index is 8.25. The van der Waals surface area contributed by atoms with E-state index in [1.165, 1.54) is 0 Å². The van der Waals surface area contributed by atoms with E-state index in [1.807, 2.05) is 0 Å². The Morgan fingerprint density at radius 3 is 0.381 bits per heavy atom. The van der Waals surface area contributed by atoms with E-state index >= 15 is 0 Å². The smallest absolute Gasteiger partial charge is 1.00 e. The molecule has 0 fully saturated rings. The normalized spacial score (nSPS) is 4.57. The van der Waals surface area contributed by atoms with E-state index in [2.05, 4.69) is 0 Å². The van der Waals surface area contributed by atoms with Crippen LogP contribution in [0.1, 0.15) is 0 Å². The van der Waals surface area contributed by atoms with Crippen LogP contribution in [0.3, 0.4) is 0 Å². The van der Waals surface area contributed by atoms with Crippen molar-refractivity contribution in [2.45, 2.75) is 0 Å². The first kappa shape index (κ1) is 57.8. The molecular weight excluding hydrogens is 400 g/mol. The van der Waals surface area contributed by atoms with Gasteiger partial charge >= 0.3 is 113 Å². The first-order valence-corrected chi connectivity index (χ1v) is 2.19. The van der Waals surface area contributed by atoms with Crippen LogP contribution in [-0.2, 0) is 11.0 Å². The predicted octanol–water partition coefficient (Wildman–Crippen LogP) is -2.34. The van der Waals surface area contributed by atoms with Gasteiger partial charge in [-0.1, -0.05) is 0 Å². The Kier molecular flexibility index (Phi) is 137. The minimum atomic E-state index is -1.75. The Hall–Kier alpha value is 0.499. The van der Waals surface area contributed by atoms with Crippen molar-refractivity contribution in [2.24, 2.45) is 0 Å². The average Bonchev–Trinajstić information content (AvgIpc) is 1.76. The fraction of sp³-hybridized carbons (Fsp3) is 0. The SMILES string of the molecule is O=[N+]([O-])[O-].O=[N+]([O-])[O-].O=[N+]([O-])[O-].O=[N+]([O-])[O-].[Ca+2].[Ca+2].[Ca+2].[O-].[O-]. The first-order valence-electron chi connectivity index (χ1n) is 2.19. The van der Waals surface area contributed by atoms with Gasteiger partial charge in [0.1, 0.15) is 0 Å². The standard InChI is InChI=1S/3Ca.4NO3.2O/c;;;4*2-1(3)4;;/q3*+2;6*-1. The van der Waals surface area contributed by atoms with Gasteiger partial charge in [0, 0.05) is 0 Å². The molecule has 21 heavy (non-hydrogen) atoms. The summed E-state index contributed by atoms with van der Waals surface area (Å²) in [5.41, 5.74) is 0. The van der Waals surface area contributed by atoms with Crippen molar-refractivity contribution in [3.63, 3.8) is 0 Å². The maximum Gasteiger partial charge on any atom is 2.00 e. The first-order chi connectivity index (χ1) is 6.93. The van der Waals surface area contributed by atoms with Gasteiger partial charge in [-0.15, -0.1) is 0 Å². The second kappa shape index (κ2) is 49.9. The van der Waals surface area contributed by atoms with Crippen molar-refractivity contribution in [3.8, 4) is 0 Å². The Balaban J connectivity index is -0.0000000121. The quantitative estimate of drug-likeness (QED) is 0.234. The molecule has 0 aliphatic rings. The van der Waals surface area contributed by atoms with E-state index in [1.54, 1.807) is 0 Å². The van der Waals surface area contributed by atoms with Crippen LogP contribution in [-0.4, -0.2) is 134 Å². The zero-order valence-corrected chi connectivity index (χ0v) is 16.3. The summed E-state index contributed by atoms with van der Waals surface area (Å²) in [5.74, 6) is 0. The van der Waals surface area contributed by atoms with E-state index in [4.69, 9.17) is 61.3 Å². The number of rotatable bonds is 0. The average molecular weight is 400 g/mol. The Labute approximate surface area is 202 Å². The van der Waals surface area contributed by atoms with Crippen molar-refractivity contribution < 1.29 is 31.3 Å². The van der Waals surface area contributed by atoms with Gasteiger partial charge in [0.15, 0.2) is 0 Å². The summed E-state index contributed by atoms with van der Waals surface area (Å²) in [6.45, 7) is 0. The number of nitrogens with zero attached hydrogens (tertiary/aromatic N) is 4. The second-order valence-corrected chi connectivity index (χ2v) is 0.894. The van der Waals surface area contributed by atoms with Crippen molar-refractivity contribution in [1.29, 1.82) is 0 Å². The van der Waals surface area contributed by atoms with E-state index in [0.29, 0.717) is 0 Å². The van der Waals surface area contributed by atoms with Crippen molar-refractivity contribution in [1.82, 2.24) is 0 Å². The van der Waals surface area contributed by atoms with E-state index in [0.717, 1.165) is 0 Å². The molecule has 110 valence electrons. The number of hydrogen-bond acceptors (Lipinski definition) is 14. The molecular formula is Ca3N4O14. The van der Waals surface area contributed by atoms with Gasteiger partial charge in [-0.25, -0.2) is 0 Å². The van der Waals surface area contributed by atoms with Crippen LogP contribution in [0.2, 0.25) is 0 Å². The summed E-state index contributed by atoms with van der Waals surface area (Å²) in [4.78, 5) is 33.0. The number of hydrogen-bond donors (Lipinski definition) is 0. The summed E-state index contributed by atoms with van der Waals surface area (Å²) in [6, 6.07) is 0. The van der Waals surface area contributed by atoms with Gasteiger partial charge in [-0.05, 0) is 0 Å². The summed E-state index contributed by atoms with van der Waals surface area (Å²) < 4.78 is 0. The van der Waals surface area contributed by atoms with Crippen LogP contribution in [0.5, 0.6) is 0 Å². The molecule has 0 aromatic carbocycles. The molecule has 0 heterocycles. The topological polar surface area (TPSA) is 322 Å². The molecule has 2 radical (unpaired) electrons. The van der Waals surface area contributed by atoms with E-state index in [-0.39, 0.29) is 124 Å². The molecule has 0 amide bonds. The van der Waals surface area contributed by atoms with E-state index in [9.17, 15) is 0 Å². The molecule has 21 heteroatoms. The monoisotopic (exact) mass is 400 g/mol. The third kappa shape index (κ3) is 28100. The molecule has 18 nitrogen and oxygen atoms in total. The third-order valence-corrected chi connectivity index (χ3v) is 0. The molecule has 0 N–H and O–H groups in total. The van der Waals surface area contributed by atoms with Gasteiger partial charge in [0.2, 0.25) is 0 Å². The summed E-state index contributed by atoms with van der Waals surface area (Å²) in [7, 11) is 0. The Bertz CT molecular complexity index is 166. The van der Waals surface area contributed by atoms with Crippen LogP contribution in [0.25, 0.3) is 0 Å². The van der Waals surface area contributed by atoms with Crippen LogP contribution in [0, 0.1) is 61.3 Å². The largest absolute Gasteiger partial charge is 2.00 e. The Morgan fingerprint density at radius 1 is 0.381 bits per heavy atom. The fourth-order valence-electron chi connectivity index (χ4n) is 0. The summed E-state index contributed by atoms with van der Waals surface area (Å²) in [6.07, 6.45) is 0. The van der Waals surface area contributed by atoms with Gasteiger partial charge in [-0.3, -0.25) is 0 Å². The van der Waals surface area contributed by atoms with Crippen molar-refractivity contribution in [2.75, 3.05) is 0 Å². The minimum absolute atomic E-state index is 0. The molecule has 0 rings (SSSR count). The van der Waals surface area contributed by atoms with Gasteiger partial charge in [-0.2, -0.15) is 0 Å². The van der Waals surface area contributed by atoms with Crippen LogP contribution in [0.15, 0.2) is 0 Å². The molecule has 0 saturated carbocycles. The van der Waals surface area contributed by atoms with E-state index < -0.39 is 20.3 Å². The molecule has 0 aromatic heterocycles. The molecule has 0 aliphatic carbocycles. The fourth-order valence-corrected chi connectivity index (χ4v) is 0. The summed E-state index contributed by atoms with van der Waals surface area (Å²) in [5, 5.41) is 59.0. The van der Waals surface area contributed by atoms with Crippen LogP contribution < -0.4 is 0 Å². The van der Waals surface area contributed by atoms with Crippen LogP contribution >= 0.6 is 0 Å². The zero-order chi connectivity index (χ0) is 14.3. The molecule has 0 spiro atoms.